The quantitative estimate of drug-likeness (QED) is 0.796. The summed E-state index contributed by atoms with van der Waals surface area (Å²) in [7, 11) is 1.37. The molecule has 2 fully saturated rings. The van der Waals surface area contributed by atoms with Crippen molar-refractivity contribution in [2.45, 2.75) is 25.8 Å². The van der Waals surface area contributed by atoms with E-state index in [4.69, 9.17) is 4.74 Å². The number of anilines is 1. The van der Waals surface area contributed by atoms with Crippen molar-refractivity contribution >= 4 is 17.6 Å². The van der Waals surface area contributed by atoms with Gasteiger partial charge >= 0.3 is 5.97 Å². The smallest absolute Gasteiger partial charge is 0.311 e. The number of ether oxygens (including phenoxy) is 1. The van der Waals surface area contributed by atoms with E-state index in [-0.39, 0.29) is 24.2 Å². The molecule has 2 aliphatic rings. The normalized spacial score (nSPS) is 22.3. The molecule has 22 heavy (non-hydrogen) atoms. The second-order valence-electron chi connectivity index (χ2n) is 6.08. The minimum Gasteiger partial charge on any atom is -0.469 e. The fourth-order valence-electron chi connectivity index (χ4n) is 3.30. The minimum absolute atomic E-state index is 0.00581. The topological polar surface area (TPSA) is 49.9 Å². The molecule has 1 unspecified atom stereocenters. The number of nitrogens with zero attached hydrogens (tertiary/aromatic N) is 2. The van der Waals surface area contributed by atoms with Gasteiger partial charge in [0, 0.05) is 25.2 Å². The highest BCUT2D eigenvalue weighted by atomic mass is 16.5. The molecule has 0 radical (unpaired) electrons. The highest BCUT2D eigenvalue weighted by Crippen LogP contribution is 2.27. The van der Waals surface area contributed by atoms with E-state index in [1.54, 1.807) is 4.90 Å². The highest BCUT2D eigenvalue weighted by Gasteiger charge is 2.35. The number of benzene rings is 1. The summed E-state index contributed by atoms with van der Waals surface area (Å²) in [6.45, 7) is 3.64. The Morgan fingerprint density at radius 2 is 2.09 bits per heavy atom. The molecule has 5 heteroatoms. The SMILES string of the molecule is COC(=O)C1CC(=O)N(c2cccc(CN3CCCC3)c2)C1. The lowest BCUT2D eigenvalue weighted by Gasteiger charge is -2.19. The van der Waals surface area contributed by atoms with E-state index in [1.807, 2.05) is 12.1 Å². The maximum Gasteiger partial charge on any atom is 0.311 e. The molecule has 0 saturated carbocycles. The summed E-state index contributed by atoms with van der Waals surface area (Å²) in [6.07, 6.45) is 2.78. The summed E-state index contributed by atoms with van der Waals surface area (Å²) in [6, 6.07) is 8.08. The van der Waals surface area contributed by atoms with Crippen LogP contribution in [0.1, 0.15) is 24.8 Å². The molecule has 0 bridgehead atoms. The Balaban J connectivity index is 1.71. The van der Waals surface area contributed by atoms with Crippen LogP contribution < -0.4 is 4.90 Å². The van der Waals surface area contributed by atoms with E-state index in [0.717, 1.165) is 25.3 Å². The van der Waals surface area contributed by atoms with Gasteiger partial charge in [0.05, 0.1) is 13.0 Å². The zero-order chi connectivity index (χ0) is 15.5. The van der Waals surface area contributed by atoms with Gasteiger partial charge in [0.1, 0.15) is 0 Å². The first kappa shape index (κ1) is 15.0. The third kappa shape index (κ3) is 3.14. The van der Waals surface area contributed by atoms with Crippen LogP contribution in [0.25, 0.3) is 0 Å². The van der Waals surface area contributed by atoms with Crippen molar-refractivity contribution in [1.82, 2.24) is 4.90 Å². The molecule has 118 valence electrons. The molecule has 5 nitrogen and oxygen atoms in total. The van der Waals surface area contributed by atoms with E-state index in [1.165, 1.54) is 25.5 Å². The van der Waals surface area contributed by atoms with Crippen molar-refractivity contribution < 1.29 is 14.3 Å². The zero-order valence-electron chi connectivity index (χ0n) is 13.0. The van der Waals surface area contributed by atoms with Gasteiger partial charge in [-0.2, -0.15) is 0 Å². The van der Waals surface area contributed by atoms with Crippen molar-refractivity contribution in [1.29, 1.82) is 0 Å². The van der Waals surface area contributed by atoms with Crippen LogP contribution in [0.15, 0.2) is 24.3 Å². The van der Waals surface area contributed by atoms with E-state index in [2.05, 4.69) is 17.0 Å². The lowest BCUT2D eigenvalue weighted by molar-refractivity contribution is -0.145. The molecular formula is C17H22N2O3. The molecule has 3 rings (SSSR count). The summed E-state index contributed by atoms with van der Waals surface area (Å²) in [5, 5.41) is 0. The number of rotatable bonds is 4. The second kappa shape index (κ2) is 6.48. The van der Waals surface area contributed by atoms with Gasteiger partial charge in [-0.15, -0.1) is 0 Å². The standard InChI is InChI=1S/C17H22N2O3/c1-22-17(21)14-10-16(20)19(12-14)15-6-4-5-13(9-15)11-18-7-2-3-8-18/h4-6,9,14H,2-3,7-8,10-12H2,1H3. The summed E-state index contributed by atoms with van der Waals surface area (Å²) < 4.78 is 4.75. The third-order valence-corrected chi connectivity index (χ3v) is 4.49. The van der Waals surface area contributed by atoms with Crippen LogP contribution >= 0.6 is 0 Å². The summed E-state index contributed by atoms with van der Waals surface area (Å²) in [4.78, 5) is 27.9. The summed E-state index contributed by atoms with van der Waals surface area (Å²) >= 11 is 0. The first-order valence-corrected chi connectivity index (χ1v) is 7.87. The molecule has 1 aromatic carbocycles. The molecular weight excluding hydrogens is 280 g/mol. The van der Waals surface area contributed by atoms with Crippen molar-refractivity contribution in [3.63, 3.8) is 0 Å². The van der Waals surface area contributed by atoms with E-state index in [0.29, 0.717) is 6.54 Å². The summed E-state index contributed by atoms with van der Waals surface area (Å²) in [5.41, 5.74) is 2.10. The first-order valence-electron chi connectivity index (χ1n) is 7.87. The van der Waals surface area contributed by atoms with E-state index in [9.17, 15) is 9.59 Å². The van der Waals surface area contributed by atoms with Gasteiger partial charge in [-0.1, -0.05) is 12.1 Å². The number of methoxy groups -OCH3 is 1. The molecule has 2 aliphatic heterocycles. The number of esters is 1. The highest BCUT2D eigenvalue weighted by molar-refractivity contribution is 5.99. The van der Waals surface area contributed by atoms with Crippen LogP contribution in [0.3, 0.4) is 0 Å². The molecule has 2 heterocycles. The Morgan fingerprint density at radius 3 is 2.82 bits per heavy atom. The first-order chi connectivity index (χ1) is 10.7. The predicted molar refractivity (Wildman–Crippen MR) is 83.4 cm³/mol. The van der Waals surface area contributed by atoms with Crippen molar-refractivity contribution in [2.75, 3.05) is 31.6 Å². The molecule has 0 aliphatic carbocycles. The Labute approximate surface area is 130 Å². The minimum atomic E-state index is -0.347. The lowest BCUT2D eigenvalue weighted by atomic mass is 10.1. The van der Waals surface area contributed by atoms with Crippen LogP contribution in [-0.2, 0) is 20.9 Å². The van der Waals surface area contributed by atoms with Gasteiger partial charge in [0.25, 0.3) is 0 Å². The largest absolute Gasteiger partial charge is 0.469 e. The number of hydrogen-bond donors (Lipinski definition) is 0. The molecule has 1 atom stereocenters. The van der Waals surface area contributed by atoms with Gasteiger partial charge in [-0.05, 0) is 43.6 Å². The maximum atomic E-state index is 12.2. The van der Waals surface area contributed by atoms with E-state index >= 15 is 0 Å². The van der Waals surface area contributed by atoms with Gasteiger partial charge < -0.3 is 9.64 Å². The van der Waals surface area contributed by atoms with Crippen molar-refractivity contribution in [3.8, 4) is 0 Å². The lowest BCUT2D eigenvalue weighted by Crippen LogP contribution is -2.26. The zero-order valence-corrected chi connectivity index (χ0v) is 13.0. The molecule has 2 saturated heterocycles. The van der Waals surface area contributed by atoms with Gasteiger partial charge in [0.15, 0.2) is 0 Å². The fraction of sp³-hybridized carbons (Fsp3) is 0.529. The van der Waals surface area contributed by atoms with Crippen LogP contribution in [0.2, 0.25) is 0 Å². The van der Waals surface area contributed by atoms with Gasteiger partial charge in [-0.25, -0.2) is 0 Å². The Hall–Kier alpha value is -1.88. The van der Waals surface area contributed by atoms with Crippen molar-refractivity contribution in [3.05, 3.63) is 29.8 Å². The van der Waals surface area contributed by atoms with E-state index < -0.39 is 0 Å². The Kier molecular flexibility index (Phi) is 4.43. The van der Waals surface area contributed by atoms with Crippen LogP contribution in [0.4, 0.5) is 5.69 Å². The fourth-order valence-corrected chi connectivity index (χ4v) is 3.30. The second-order valence-corrected chi connectivity index (χ2v) is 6.08. The van der Waals surface area contributed by atoms with Crippen molar-refractivity contribution in [2.24, 2.45) is 5.92 Å². The third-order valence-electron chi connectivity index (χ3n) is 4.49. The molecule has 1 aromatic rings. The average Bonchev–Trinajstić information content (AvgIpc) is 3.16. The maximum absolute atomic E-state index is 12.2. The Morgan fingerprint density at radius 1 is 1.32 bits per heavy atom. The monoisotopic (exact) mass is 302 g/mol. The molecule has 0 spiro atoms. The summed E-state index contributed by atoms with van der Waals surface area (Å²) in [5.74, 6) is -0.655. The number of amides is 1. The van der Waals surface area contributed by atoms with Crippen LogP contribution in [-0.4, -0.2) is 43.5 Å². The number of carbonyl (C=O) groups is 2. The van der Waals surface area contributed by atoms with Crippen LogP contribution in [0, 0.1) is 5.92 Å². The number of carbonyl (C=O) groups excluding carboxylic acids is 2. The molecule has 1 amide bonds. The Bertz CT molecular complexity index is 567. The molecule has 0 aromatic heterocycles. The average molecular weight is 302 g/mol. The predicted octanol–water partition coefficient (Wildman–Crippen LogP) is 1.81. The molecule has 0 N–H and O–H groups in total. The van der Waals surface area contributed by atoms with Crippen LogP contribution in [0.5, 0.6) is 0 Å². The number of likely N-dealkylation sites (tertiary alicyclic amines) is 1. The van der Waals surface area contributed by atoms with Gasteiger partial charge in [-0.3, -0.25) is 14.5 Å². The van der Waals surface area contributed by atoms with Gasteiger partial charge in [0.2, 0.25) is 5.91 Å². The number of hydrogen-bond acceptors (Lipinski definition) is 4.